The van der Waals surface area contributed by atoms with Gasteiger partial charge < -0.3 is 10.4 Å². The molecule has 0 fully saturated rings. The van der Waals surface area contributed by atoms with Gasteiger partial charge in [0.15, 0.2) is 0 Å². The molecule has 0 bridgehead atoms. The van der Waals surface area contributed by atoms with Gasteiger partial charge in [0.2, 0.25) is 0 Å². The smallest absolute Gasteiger partial charge is 0.0446 e. The van der Waals surface area contributed by atoms with E-state index in [1.54, 1.807) is 4.88 Å². The first-order valence-corrected chi connectivity index (χ1v) is 7.83. The monoisotopic (exact) mass is 267 g/mol. The van der Waals surface area contributed by atoms with Gasteiger partial charge in [-0.15, -0.1) is 11.3 Å². The Balaban J connectivity index is 2.09. The first-order chi connectivity index (χ1) is 8.52. The quantitative estimate of drug-likeness (QED) is 0.875. The molecule has 0 spiro atoms. The van der Waals surface area contributed by atoms with Crippen molar-refractivity contribution in [3.8, 4) is 0 Å². The summed E-state index contributed by atoms with van der Waals surface area (Å²) in [5.74, 6) is 0. The van der Waals surface area contributed by atoms with E-state index in [9.17, 15) is 5.11 Å². The molecular formula is C15H25NOS. The van der Waals surface area contributed by atoms with E-state index in [0.29, 0.717) is 12.1 Å². The highest BCUT2D eigenvalue weighted by molar-refractivity contribution is 7.10. The minimum atomic E-state index is 0.191. The molecule has 1 heterocycles. The molecule has 0 amide bonds. The van der Waals surface area contributed by atoms with E-state index < -0.39 is 0 Å². The van der Waals surface area contributed by atoms with E-state index in [1.807, 2.05) is 11.3 Å². The Morgan fingerprint density at radius 2 is 2.28 bits per heavy atom. The molecule has 3 heteroatoms. The minimum absolute atomic E-state index is 0.191. The number of aryl methyl sites for hydroxylation is 1. The van der Waals surface area contributed by atoms with Gasteiger partial charge in [0.1, 0.15) is 0 Å². The van der Waals surface area contributed by atoms with E-state index >= 15 is 0 Å². The van der Waals surface area contributed by atoms with Crippen LogP contribution in [0, 0.1) is 5.41 Å². The van der Waals surface area contributed by atoms with Crippen LogP contribution in [-0.2, 0) is 6.42 Å². The fraction of sp³-hybridized carbons (Fsp3) is 0.733. The molecule has 0 radical (unpaired) electrons. The van der Waals surface area contributed by atoms with Crippen LogP contribution < -0.4 is 5.32 Å². The third kappa shape index (κ3) is 3.14. The lowest BCUT2D eigenvalue weighted by Gasteiger charge is -2.36. The van der Waals surface area contributed by atoms with Crippen LogP contribution in [0.1, 0.15) is 56.5 Å². The van der Waals surface area contributed by atoms with Crippen molar-refractivity contribution in [3.63, 3.8) is 0 Å². The first-order valence-electron chi connectivity index (χ1n) is 6.95. The summed E-state index contributed by atoms with van der Waals surface area (Å²) >= 11 is 1.89. The van der Waals surface area contributed by atoms with Crippen LogP contribution in [0.2, 0.25) is 0 Å². The van der Waals surface area contributed by atoms with E-state index in [-0.39, 0.29) is 12.0 Å². The zero-order valence-electron chi connectivity index (χ0n) is 11.7. The highest BCUT2D eigenvalue weighted by atomic mass is 32.1. The van der Waals surface area contributed by atoms with Crippen LogP contribution >= 0.6 is 11.3 Å². The maximum atomic E-state index is 9.25. The van der Waals surface area contributed by atoms with Crippen LogP contribution in [0.3, 0.4) is 0 Å². The Bertz CT molecular complexity index is 380. The molecule has 2 rings (SSSR count). The number of nitrogens with one attached hydrogen (secondary N) is 1. The predicted octanol–water partition coefficient (Wildman–Crippen LogP) is 3.51. The number of aliphatic hydroxyl groups excluding tert-OH is 1. The highest BCUT2D eigenvalue weighted by Gasteiger charge is 2.29. The van der Waals surface area contributed by atoms with Gasteiger partial charge in [0, 0.05) is 23.6 Å². The van der Waals surface area contributed by atoms with E-state index in [4.69, 9.17) is 0 Å². The topological polar surface area (TPSA) is 32.3 Å². The highest BCUT2D eigenvalue weighted by Crippen LogP contribution is 2.35. The Morgan fingerprint density at radius 1 is 1.50 bits per heavy atom. The molecule has 2 N–H and O–H groups in total. The molecule has 1 aromatic rings. The molecule has 102 valence electrons. The molecule has 1 aromatic heterocycles. The second kappa shape index (κ2) is 5.72. The van der Waals surface area contributed by atoms with Gasteiger partial charge in [-0.2, -0.15) is 0 Å². The Hall–Kier alpha value is -0.380. The normalized spacial score (nSPS) is 21.7. The van der Waals surface area contributed by atoms with Crippen LogP contribution in [-0.4, -0.2) is 17.8 Å². The number of aliphatic hydroxyl groups is 1. The average Bonchev–Trinajstić information content (AvgIpc) is 2.76. The molecule has 0 saturated heterocycles. The van der Waals surface area contributed by atoms with Crippen molar-refractivity contribution in [2.24, 2.45) is 5.41 Å². The van der Waals surface area contributed by atoms with Crippen LogP contribution in [0.4, 0.5) is 0 Å². The number of hydrogen-bond acceptors (Lipinski definition) is 3. The van der Waals surface area contributed by atoms with Crippen molar-refractivity contribution < 1.29 is 5.11 Å². The van der Waals surface area contributed by atoms with Gasteiger partial charge in [-0.25, -0.2) is 0 Å². The zero-order chi connectivity index (χ0) is 13.2. The molecular weight excluding hydrogens is 242 g/mol. The second-order valence-electron chi connectivity index (χ2n) is 6.34. The lowest BCUT2D eigenvalue weighted by molar-refractivity contribution is 0.181. The lowest BCUT2D eigenvalue weighted by atomic mass is 9.83. The van der Waals surface area contributed by atoms with Gasteiger partial charge in [0.05, 0.1) is 0 Å². The maximum Gasteiger partial charge on any atom is 0.0446 e. The molecule has 0 aromatic carbocycles. The Kier molecular flexibility index (Phi) is 4.46. The molecule has 2 unspecified atom stereocenters. The summed E-state index contributed by atoms with van der Waals surface area (Å²) in [7, 11) is 0. The fourth-order valence-electron chi connectivity index (χ4n) is 2.80. The molecule has 18 heavy (non-hydrogen) atoms. The molecule has 1 aliphatic rings. The van der Waals surface area contributed by atoms with Crippen LogP contribution in [0.5, 0.6) is 0 Å². The van der Waals surface area contributed by atoms with Crippen molar-refractivity contribution in [1.29, 1.82) is 0 Å². The lowest BCUT2D eigenvalue weighted by Crippen LogP contribution is -2.43. The van der Waals surface area contributed by atoms with Crippen LogP contribution in [0.25, 0.3) is 0 Å². The number of hydrogen-bond donors (Lipinski definition) is 2. The maximum absolute atomic E-state index is 9.25. The molecule has 1 aliphatic carbocycles. The van der Waals surface area contributed by atoms with Crippen LogP contribution in [0.15, 0.2) is 11.4 Å². The fourth-order valence-corrected chi connectivity index (χ4v) is 3.79. The third-order valence-electron chi connectivity index (χ3n) is 3.92. The van der Waals surface area contributed by atoms with Crippen molar-refractivity contribution in [2.45, 2.75) is 58.5 Å². The largest absolute Gasteiger partial charge is 0.396 e. The van der Waals surface area contributed by atoms with Crippen molar-refractivity contribution in [3.05, 3.63) is 21.9 Å². The number of rotatable bonds is 4. The molecule has 0 aliphatic heterocycles. The van der Waals surface area contributed by atoms with Gasteiger partial charge >= 0.3 is 0 Å². The average molecular weight is 267 g/mol. The van der Waals surface area contributed by atoms with E-state index in [2.05, 4.69) is 37.5 Å². The summed E-state index contributed by atoms with van der Waals surface area (Å²) in [6.07, 6.45) is 4.58. The van der Waals surface area contributed by atoms with Gasteiger partial charge in [-0.05, 0) is 48.1 Å². The summed E-state index contributed by atoms with van der Waals surface area (Å²) in [5, 5.41) is 15.2. The first kappa shape index (κ1) is 14.0. The Morgan fingerprint density at radius 3 is 2.94 bits per heavy atom. The Labute approximate surface area is 114 Å². The number of thiophene rings is 1. The summed E-state index contributed by atoms with van der Waals surface area (Å²) in [6.45, 7) is 7.01. The summed E-state index contributed by atoms with van der Waals surface area (Å²) in [4.78, 5) is 1.55. The van der Waals surface area contributed by atoms with Gasteiger partial charge in [-0.3, -0.25) is 0 Å². The molecule has 2 nitrogen and oxygen atoms in total. The van der Waals surface area contributed by atoms with Gasteiger partial charge in [-0.1, -0.05) is 20.8 Å². The van der Waals surface area contributed by atoms with E-state index in [0.717, 1.165) is 6.42 Å². The second-order valence-corrected chi connectivity index (χ2v) is 7.34. The SMILES string of the molecule is CC(C)(C)C(CCO)NC1CCCc2sccc21. The summed E-state index contributed by atoms with van der Waals surface area (Å²) in [5.41, 5.74) is 1.69. The summed E-state index contributed by atoms with van der Waals surface area (Å²) in [6, 6.07) is 3.13. The standard InChI is InChI=1S/C15H25NOS/c1-15(2,3)14(7-9-17)16-12-5-4-6-13-11(12)8-10-18-13/h8,10,12,14,16-17H,4-7,9H2,1-3H3. The molecule has 2 atom stereocenters. The van der Waals surface area contributed by atoms with E-state index in [1.165, 1.54) is 24.8 Å². The summed E-state index contributed by atoms with van der Waals surface area (Å²) < 4.78 is 0. The zero-order valence-corrected chi connectivity index (χ0v) is 12.5. The predicted molar refractivity (Wildman–Crippen MR) is 78.1 cm³/mol. The third-order valence-corrected chi connectivity index (χ3v) is 4.91. The minimum Gasteiger partial charge on any atom is -0.396 e. The molecule has 0 saturated carbocycles. The number of fused-ring (bicyclic) bond motifs is 1. The van der Waals surface area contributed by atoms with Gasteiger partial charge in [0.25, 0.3) is 0 Å². The van der Waals surface area contributed by atoms with Crippen molar-refractivity contribution in [2.75, 3.05) is 6.61 Å². The van der Waals surface area contributed by atoms with Crippen molar-refractivity contribution in [1.82, 2.24) is 5.32 Å². The van der Waals surface area contributed by atoms with Crippen molar-refractivity contribution >= 4 is 11.3 Å².